The summed E-state index contributed by atoms with van der Waals surface area (Å²) in [7, 11) is 0. The van der Waals surface area contributed by atoms with E-state index in [0.29, 0.717) is 12.6 Å². The number of aliphatic hydroxyl groups is 1. The highest BCUT2D eigenvalue weighted by Gasteiger charge is 2.17. The summed E-state index contributed by atoms with van der Waals surface area (Å²) in [5, 5.41) is 12.3. The fourth-order valence-electron chi connectivity index (χ4n) is 1.81. The van der Waals surface area contributed by atoms with Gasteiger partial charge in [0, 0.05) is 19.1 Å². The number of nitrogens with zero attached hydrogens (tertiary/aromatic N) is 1. The van der Waals surface area contributed by atoms with Gasteiger partial charge in [-0.05, 0) is 39.8 Å². The second kappa shape index (κ2) is 5.58. The van der Waals surface area contributed by atoms with E-state index in [2.05, 4.69) is 17.1 Å². The lowest BCUT2D eigenvalue weighted by Gasteiger charge is -2.24. The highest BCUT2D eigenvalue weighted by Crippen LogP contribution is 2.10. The third-order valence-electron chi connectivity index (χ3n) is 2.64. The highest BCUT2D eigenvalue weighted by molar-refractivity contribution is 4.74. The van der Waals surface area contributed by atoms with Gasteiger partial charge in [-0.3, -0.25) is 4.90 Å². The van der Waals surface area contributed by atoms with Crippen molar-refractivity contribution in [1.29, 1.82) is 0 Å². The summed E-state index contributed by atoms with van der Waals surface area (Å²) in [5.74, 6) is 0. The SMILES string of the molecule is CC(CNC[C@H](C)O)N1CCCC1. The normalized spacial score (nSPS) is 23.3. The van der Waals surface area contributed by atoms with Crippen LogP contribution in [0.15, 0.2) is 0 Å². The Kier molecular flexibility index (Phi) is 4.70. The number of hydrogen-bond acceptors (Lipinski definition) is 3. The lowest BCUT2D eigenvalue weighted by Crippen LogP contribution is -2.40. The Balaban J connectivity index is 2.06. The Bertz CT molecular complexity index is 133. The summed E-state index contributed by atoms with van der Waals surface area (Å²) >= 11 is 0. The fraction of sp³-hybridized carbons (Fsp3) is 1.00. The minimum Gasteiger partial charge on any atom is -0.392 e. The molecule has 0 saturated carbocycles. The molecule has 3 nitrogen and oxygen atoms in total. The molecule has 2 atom stereocenters. The lowest BCUT2D eigenvalue weighted by atomic mass is 10.3. The molecule has 0 aromatic rings. The predicted molar refractivity (Wildman–Crippen MR) is 54.8 cm³/mol. The van der Waals surface area contributed by atoms with Crippen LogP contribution in [-0.2, 0) is 0 Å². The zero-order chi connectivity index (χ0) is 9.68. The standard InChI is InChI=1S/C10H22N2O/c1-9(7-11-8-10(2)13)12-5-3-4-6-12/h9-11,13H,3-8H2,1-2H3/t9?,10-/m0/s1. The topological polar surface area (TPSA) is 35.5 Å². The largest absolute Gasteiger partial charge is 0.392 e. The zero-order valence-electron chi connectivity index (χ0n) is 8.79. The molecule has 2 N–H and O–H groups in total. The highest BCUT2D eigenvalue weighted by atomic mass is 16.3. The van der Waals surface area contributed by atoms with Gasteiger partial charge in [0.1, 0.15) is 0 Å². The molecule has 1 fully saturated rings. The van der Waals surface area contributed by atoms with Crippen molar-refractivity contribution in [3.05, 3.63) is 0 Å². The molecule has 1 saturated heterocycles. The van der Waals surface area contributed by atoms with Crippen molar-refractivity contribution in [2.45, 2.75) is 38.8 Å². The Morgan fingerprint density at radius 2 is 1.85 bits per heavy atom. The number of aliphatic hydroxyl groups excluding tert-OH is 1. The number of hydrogen-bond donors (Lipinski definition) is 2. The van der Waals surface area contributed by atoms with Gasteiger partial charge in [0.05, 0.1) is 6.10 Å². The fourth-order valence-corrected chi connectivity index (χ4v) is 1.81. The molecule has 0 aromatic carbocycles. The molecular weight excluding hydrogens is 164 g/mol. The minimum atomic E-state index is -0.231. The Hall–Kier alpha value is -0.120. The summed E-state index contributed by atoms with van der Waals surface area (Å²) in [5.41, 5.74) is 0. The molecule has 13 heavy (non-hydrogen) atoms. The minimum absolute atomic E-state index is 0.231. The van der Waals surface area contributed by atoms with E-state index in [0.717, 1.165) is 6.54 Å². The van der Waals surface area contributed by atoms with Crippen LogP contribution in [0.3, 0.4) is 0 Å². The van der Waals surface area contributed by atoms with E-state index < -0.39 is 0 Å². The third-order valence-corrected chi connectivity index (χ3v) is 2.64. The average molecular weight is 186 g/mol. The second-order valence-electron chi connectivity index (χ2n) is 4.10. The van der Waals surface area contributed by atoms with Crippen LogP contribution < -0.4 is 5.32 Å². The van der Waals surface area contributed by atoms with E-state index in [9.17, 15) is 0 Å². The van der Waals surface area contributed by atoms with Crippen LogP contribution in [0.25, 0.3) is 0 Å². The van der Waals surface area contributed by atoms with E-state index in [1.165, 1.54) is 25.9 Å². The molecule has 0 spiro atoms. The van der Waals surface area contributed by atoms with Gasteiger partial charge in [-0.15, -0.1) is 0 Å². The molecule has 78 valence electrons. The Morgan fingerprint density at radius 3 is 2.38 bits per heavy atom. The van der Waals surface area contributed by atoms with Crippen molar-refractivity contribution in [3.63, 3.8) is 0 Å². The molecule has 3 heteroatoms. The van der Waals surface area contributed by atoms with Crippen molar-refractivity contribution in [3.8, 4) is 0 Å². The van der Waals surface area contributed by atoms with E-state index in [4.69, 9.17) is 5.11 Å². The first-order chi connectivity index (χ1) is 6.20. The van der Waals surface area contributed by atoms with Crippen molar-refractivity contribution < 1.29 is 5.11 Å². The maximum atomic E-state index is 9.05. The van der Waals surface area contributed by atoms with Crippen LogP contribution in [0.2, 0.25) is 0 Å². The van der Waals surface area contributed by atoms with E-state index in [-0.39, 0.29) is 6.10 Å². The Morgan fingerprint density at radius 1 is 1.23 bits per heavy atom. The molecule has 0 aliphatic carbocycles. The van der Waals surface area contributed by atoms with Crippen LogP contribution in [0, 0.1) is 0 Å². The van der Waals surface area contributed by atoms with Crippen molar-refractivity contribution in [1.82, 2.24) is 10.2 Å². The summed E-state index contributed by atoms with van der Waals surface area (Å²) < 4.78 is 0. The van der Waals surface area contributed by atoms with Crippen LogP contribution >= 0.6 is 0 Å². The smallest absolute Gasteiger partial charge is 0.0636 e. The monoisotopic (exact) mass is 186 g/mol. The van der Waals surface area contributed by atoms with E-state index in [1.807, 2.05) is 6.92 Å². The van der Waals surface area contributed by atoms with Crippen LogP contribution in [0.4, 0.5) is 0 Å². The average Bonchev–Trinajstić information content (AvgIpc) is 2.55. The molecule has 1 aliphatic rings. The van der Waals surface area contributed by atoms with Gasteiger partial charge < -0.3 is 10.4 Å². The zero-order valence-corrected chi connectivity index (χ0v) is 8.79. The maximum absolute atomic E-state index is 9.05. The van der Waals surface area contributed by atoms with E-state index in [1.54, 1.807) is 0 Å². The molecule has 1 rings (SSSR count). The van der Waals surface area contributed by atoms with Crippen LogP contribution in [-0.4, -0.2) is 48.3 Å². The summed E-state index contributed by atoms with van der Waals surface area (Å²) in [6, 6.07) is 0.612. The van der Waals surface area contributed by atoms with Crippen molar-refractivity contribution >= 4 is 0 Å². The van der Waals surface area contributed by atoms with Gasteiger partial charge in [0.25, 0.3) is 0 Å². The van der Waals surface area contributed by atoms with Gasteiger partial charge in [-0.1, -0.05) is 0 Å². The number of likely N-dealkylation sites (tertiary alicyclic amines) is 1. The van der Waals surface area contributed by atoms with Gasteiger partial charge in [-0.2, -0.15) is 0 Å². The van der Waals surface area contributed by atoms with Crippen molar-refractivity contribution in [2.24, 2.45) is 0 Å². The molecular formula is C10H22N2O. The molecule has 1 unspecified atom stereocenters. The maximum Gasteiger partial charge on any atom is 0.0636 e. The Labute approximate surface area is 81.1 Å². The van der Waals surface area contributed by atoms with Crippen LogP contribution in [0.1, 0.15) is 26.7 Å². The summed E-state index contributed by atoms with van der Waals surface area (Å²) in [6.07, 6.45) is 2.47. The molecule has 0 bridgehead atoms. The second-order valence-corrected chi connectivity index (χ2v) is 4.10. The molecule has 0 radical (unpaired) electrons. The summed E-state index contributed by atoms with van der Waals surface area (Å²) in [4.78, 5) is 2.51. The predicted octanol–water partition coefficient (Wildman–Crippen LogP) is 0.441. The molecule has 1 heterocycles. The van der Waals surface area contributed by atoms with Gasteiger partial charge >= 0.3 is 0 Å². The molecule has 1 aliphatic heterocycles. The molecule has 0 amide bonds. The third kappa shape index (κ3) is 4.07. The van der Waals surface area contributed by atoms with Gasteiger partial charge in [0.2, 0.25) is 0 Å². The van der Waals surface area contributed by atoms with Gasteiger partial charge in [-0.25, -0.2) is 0 Å². The van der Waals surface area contributed by atoms with Crippen LogP contribution in [0.5, 0.6) is 0 Å². The first kappa shape index (κ1) is 11.0. The van der Waals surface area contributed by atoms with Gasteiger partial charge in [0.15, 0.2) is 0 Å². The summed E-state index contributed by atoms with van der Waals surface area (Å²) in [6.45, 7) is 8.26. The first-order valence-electron chi connectivity index (χ1n) is 5.33. The number of nitrogens with one attached hydrogen (secondary N) is 1. The molecule has 0 aromatic heterocycles. The quantitative estimate of drug-likeness (QED) is 0.654. The first-order valence-corrected chi connectivity index (χ1v) is 5.33. The van der Waals surface area contributed by atoms with E-state index >= 15 is 0 Å². The van der Waals surface area contributed by atoms with Crippen molar-refractivity contribution in [2.75, 3.05) is 26.2 Å². The lowest BCUT2D eigenvalue weighted by molar-refractivity contribution is 0.182. The number of rotatable bonds is 5.